The summed E-state index contributed by atoms with van der Waals surface area (Å²) in [5, 5.41) is 0. The van der Waals surface area contributed by atoms with Crippen LogP contribution in [0.5, 0.6) is 11.5 Å². The molecule has 5 nitrogen and oxygen atoms in total. The first-order valence-electron chi connectivity index (χ1n) is 5.33. The summed E-state index contributed by atoms with van der Waals surface area (Å²) in [6.45, 7) is 1.16. The lowest BCUT2D eigenvalue weighted by atomic mass is 10.1. The van der Waals surface area contributed by atoms with Gasteiger partial charge in [0.1, 0.15) is 17.6 Å². The van der Waals surface area contributed by atoms with E-state index >= 15 is 0 Å². The van der Waals surface area contributed by atoms with E-state index < -0.39 is 0 Å². The number of rotatable bonds is 7. The molecule has 1 fully saturated rings. The van der Waals surface area contributed by atoms with E-state index in [-0.39, 0.29) is 19.7 Å². The SMILES string of the molecule is COCOc1cc(OCOC)cc(C2CO2)c1. The van der Waals surface area contributed by atoms with Crippen molar-refractivity contribution >= 4 is 0 Å². The van der Waals surface area contributed by atoms with Crippen LogP contribution in [-0.2, 0) is 14.2 Å². The first kappa shape index (κ1) is 12.2. The Morgan fingerprint density at radius 1 is 1.06 bits per heavy atom. The Balaban J connectivity index is 2.10. The van der Waals surface area contributed by atoms with Crippen LogP contribution in [0.25, 0.3) is 0 Å². The Hall–Kier alpha value is -1.30. The molecule has 1 aliphatic rings. The lowest BCUT2D eigenvalue weighted by Gasteiger charge is -2.10. The minimum absolute atomic E-state index is 0.158. The maximum Gasteiger partial charge on any atom is 0.188 e. The second kappa shape index (κ2) is 5.86. The van der Waals surface area contributed by atoms with Crippen LogP contribution in [0.2, 0.25) is 0 Å². The molecular weight excluding hydrogens is 224 g/mol. The highest BCUT2D eigenvalue weighted by atomic mass is 16.7. The molecule has 1 heterocycles. The Morgan fingerprint density at radius 3 is 2.00 bits per heavy atom. The van der Waals surface area contributed by atoms with Gasteiger partial charge in [0.2, 0.25) is 0 Å². The van der Waals surface area contributed by atoms with Gasteiger partial charge in [-0.25, -0.2) is 0 Å². The van der Waals surface area contributed by atoms with Crippen molar-refractivity contribution in [2.75, 3.05) is 34.4 Å². The van der Waals surface area contributed by atoms with Gasteiger partial charge in [0, 0.05) is 20.3 Å². The van der Waals surface area contributed by atoms with Crippen LogP contribution in [0.15, 0.2) is 18.2 Å². The van der Waals surface area contributed by atoms with E-state index in [1.165, 1.54) is 0 Å². The molecule has 1 aromatic rings. The Morgan fingerprint density at radius 2 is 1.59 bits per heavy atom. The van der Waals surface area contributed by atoms with Crippen molar-refractivity contribution in [1.82, 2.24) is 0 Å². The van der Waals surface area contributed by atoms with E-state index in [0.717, 1.165) is 12.2 Å². The summed E-state index contributed by atoms with van der Waals surface area (Å²) >= 11 is 0. The molecule has 1 atom stereocenters. The maximum absolute atomic E-state index is 5.40. The molecule has 1 unspecified atom stereocenters. The number of epoxide rings is 1. The molecule has 94 valence electrons. The summed E-state index contributed by atoms with van der Waals surface area (Å²) in [6, 6.07) is 5.65. The normalized spacial score (nSPS) is 17.9. The Kier molecular flexibility index (Phi) is 4.19. The van der Waals surface area contributed by atoms with Gasteiger partial charge in [0.05, 0.1) is 6.61 Å². The predicted octanol–water partition coefficient (Wildman–Crippen LogP) is 1.72. The van der Waals surface area contributed by atoms with Crippen LogP contribution in [0.4, 0.5) is 0 Å². The minimum atomic E-state index is 0.158. The van der Waals surface area contributed by atoms with E-state index in [2.05, 4.69) is 0 Å². The lowest BCUT2D eigenvalue weighted by molar-refractivity contribution is 0.0459. The third-order valence-corrected chi connectivity index (χ3v) is 2.29. The van der Waals surface area contributed by atoms with Gasteiger partial charge in [0.15, 0.2) is 13.6 Å². The van der Waals surface area contributed by atoms with Crippen molar-refractivity contribution in [1.29, 1.82) is 0 Å². The molecule has 0 saturated carbocycles. The molecule has 0 spiro atoms. The van der Waals surface area contributed by atoms with Crippen molar-refractivity contribution in [2.45, 2.75) is 6.10 Å². The fourth-order valence-electron chi connectivity index (χ4n) is 1.44. The molecule has 0 aliphatic carbocycles. The molecule has 0 bridgehead atoms. The Labute approximate surface area is 100 Å². The fraction of sp³-hybridized carbons (Fsp3) is 0.500. The van der Waals surface area contributed by atoms with Crippen LogP contribution in [0.3, 0.4) is 0 Å². The molecule has 0 N–H and O–H groups in total. The molecular formula is C12H16O5. The van der Waals surface area contributed by atoms with E-state index in [9.17, 15) is 0 Å². The van der Waals surface area contributed by atoms with Gasteiger partial charge in [-0.3, -0.25) is 0 Å². The molecule has 0 amide bonds. The topological polar surface area (TPSA) is 49.5 Å². The second-order valence-corrected chi connectivity index (χ2v) is 3.66. The zero-order valence-corrected chi connectivity index (χ0v) is 9.97. The average Bonchev–Trinajstić information content (AvgIpc) is 3.18. The van der Waals surface area contributed by atoms with E-state index in [1.54, 1.807) is 20.3 Å². The third kappa shape index (κ3) is 3.59. The van der Waals surface area contributed by atoms with Crippen molar-refractivity contribution in [3.8, 4) is 11.5 Å². The summed E-state index contributed by atoms with van der Waals surface area (Å²) in [5.74, 6) is 1.40. The zero-order chi connectivity index (χ0) is 12.1. The highest BCUT2D eigenvalue weighted by Gasteiger charge is 2.26. The second-order valence-electron chi connectivity index (χ2n) is 3.66. The molecule has 0 radical (unpaired) electrons. The summed E-state index contributed by atoms with van der Waals surface area (Å²) in [6.07, 6.45) is 0.158. The molecule has 1 saturated heterocycles. The zero-order valence-electron chi connectivity index (χ0n) is 9.97. The van der Waals surface area contributed by atoms with Crippen LogP contribution in [0, 0.1) is 0 Å². The smallest absolute Gasteiger partial charge is 0.188 e. The highest BCUT2D eigenvalue weighted by molar-refractivity contribution is 5.40. The Bertz CT molecular complexity index is 336. The first-order chi connectivity index (χ1) is 8.33. The molecule has 2 rings (SSSR count). The van der Waals surface area contributed by atoms with Gasteiger partial charge in [-0.15, -0.1) is 0 Å². The molecule has 1 aliphatic heterocycles. The number of ether oxygens (including phenoxy) is 5. The largest absolute Gasteiger partial charge is 0.467 e. The van der Waals surface area contributed by atoms with Crippen LogP contribution >= 0.6 is 0 Å². The van der Waals surface area contributed by atoms with Crippen LogP contribution in [-0.4, -0.2) is 34.4 Å². The average molecular weight is 240 g/mol. The van der Waals surface area contributed by atoms with Crippen LogP contribution in [0.1, 0.15) is 11.7 Å². The monoisotopic (exact) mass is 240 g/mol. The maximum atomic E-state index is 5.40. The quantitative estimate of drug-likeness (QED) is 0.536. The summed E-state index contributed by atoms with van der Waals surface area (Å²) in [4.78, 5) is 0. The fourth-order valence-corrected chi connectivity index (χ4v) is 1.44. The molecule has 17 heavy (non-hydrogen) atoms. The minimum Gasteiger partial charge on any atom is -0.467 e. The molecule has 1 aromatic carbocycles. The number of methoxy groups -OCH3 is 2. The van der Waals surface area contributed by atoms with Crippen molar-refractivity contribution in [3.63, 3.8) is 0 Å². The molecule has 0 aromatic heterocycles. The van der Waals surface area contributed by atoms with E-state index in [1.807, 2.05) is 12.1 Å². The predicted molar refractivity (Wildman–Crippen MR) is 60.1 cm³/mol. The number of hydrogen-bond acceptors (Lipinski definition) is 5. The van der Waals surface area contributed by atoms with Gasteiger partial charge >= 0.3 is 0 Å². The lowest BCUT2D eigenvalue weighted by Crippen LogP contribution is -2.02. The van der Waals surface area contributed by atoms with Crippen molar-refractivity contribution < 1.29 is 23.7 Å². The van der Waals surface area contributed by atoms with E-state index in [4.69, 9.17) is 23.7 Å². The van der Waals surface area contributed by atoms with Gasteiger partial charge in [-0.1, -0.05) is 0 Å². The van der Waals surface area contributed by atoms with Crippen molar-refractivity contribution in [3.05, 3.63) is 23.8 Å². The summed E-state index contributed by atoms with van der Waals surface area (Å²) in [5.41, 5.74) is 1.05. The standard InChI is InChI=1S/C12H16O5/c1-13-7-16-10-3-9(12-6-15-12)4-11(5-10)17-8-14-2/h3-5,12H,6-8H2,1-2H3. The molecule has 5 heteroatoms. The first-order valence-corrected chi connectivity index (χ1v) is 5.33. The van der Waals surface area contributed by atoms with Gasteiger partial charge in [-0.2, -0.15) is 0 Å². The van der Waals surface area contributed by atoms with Gasteiger partial charge in [0.25, 0.3) is 0 Å². The summed E-state index contributed by atoms with van der Waals surface area (Å²) < 4.78 is 25.8. The number of benzene rings is 1. The van der Waals surface area contributed by atoms with Crippen molar-refractivity contribution in [2.24, 2.45) is 0 Å². The van der Waals surface area contributed by atoms with Crippen LogP contribution < -0.4 is 9.47 Å². The van der Waals surface area contributed by atoms with E-state index in [0.29, 0.717) is 11.5 Å². The number of hydrogen-bond donors (Lipinski definition) is 0. The third-order valence-electron chi connectivity index (χ3n) is 2.29. The highest BCUT2D eigenvalue weighted by Crippen LogP contribution is 2.35. The van der Waals surface area contributed by atoms with Gasteiger partial charge < -0.3 is 23.7 Å². The van der Waals surface area contributed by atoms with Gasteiger partial charge in [-0.05, 0) is 17.7 Å². The summed E-state index contributed by atoms with van der Waals surface area (Å²) in [7, 11) is 3.16.